The van der Waals surface area contributed by atoms with E-state index in [9.17, 15) is 4.79 Å². The molecular formula is C11H23NO3. The van der Waals surface area contributed by atoms with Crippen LogP contribution in [0.2, 0.25) is 0 Å². The largest absolute Gasteiger partial charge is 0.480 e. The highest BCUT2D eigenvalue weighted by molar-refractivity contribution is 5.73. The fourth-order valence-corrected chi connectivity index (χ4v) is 1.40. The molecule has 0 aliphatic rings. The monoisotopic (exact) mass is 217 g/mol. The minimum absolute atomic E-state index is 0.0739. The molecule has 0 radical (unpaired) electrons. The van der Waals surface area contributed by atoms with E-state index in [0.717, 1.165) is 0 Å². The lowest BCUT2D eigenvalue weighted by atomic mass is 10.0. The van der Waals surface area contributed by atoms with Crippen LogP contribution in [0.25, 0.3) is 0 Å². The van der Waals surface area contributed by atoms with Crippen molar-refractivity contribution in [2.45, 2.75) is 46.2 Å². The van der Waals surface area contributed by atoms with Crippen LogP contribution in [0.15, 0.2) is 0 Å². The summed E-state index contributed by atoms with van der Waals surface area (Å²) in [4.78, 5) is 10.9. The summed E-state index contributed by atoms with van der Waals surface area (Å²) in [6.45, 7) is 9.11. The number of ether oxygens (including phenoxy) is 1. The first kappa shape index (κ1) is 14.4. The zero-order valence-electron chi connectivity index (χ0n) is 10.1. The summed E-state index contributed by atoms with van der Waals surface area (Å²) in [6, 6.07) is -0.398. The summed E-state index contributed by atoms with van der Waals surface area (Å²) >= 11 is 0. The van der Waals surface area contributed by atoms with Gasteiger partial charge in [-0.25, -0.2) is 0 Å². The lowest BCUT2D eigenvalue weighted by Crippen LogP contribution is -2.44. The van der Waals surface area contributed by atoms with E-state index in [1.54, 1.807) is 0 Å². The Labute approximate surface area is 92.0 Å². The fraction of sp³-hybridized carbons (Fsp3) is 0.909. The smallest absolute Gasteiger partial charge is 0.320 e. The summed E-state index contributed by atoms with van der Waals surface area (Å²) in [5, 5.41) is 12.1. The molecule has 0 amide bonds. The molecule has 4 nitrogen and oxygen atoms in total. The third-order valence-electron chi connectivity index (χ3n) is 2.06. The summed E-state index contributed by atoms with van der Waals surface area (Å²) in [5.41, 5.74) is 0. The van der Waals surface area contributed by atoms with Gasteiger partial charge in [-0.05, 0) is 26.2 Å². The first-order valence-corrected chi connectivity index (χ1v) is 5.54. The average Bonchev–Trinajstić information content (AvgIpc) is 2.12. The SMILES string of the molecule is CCOCC(C)NC(CC(C)C)C(=O)O. The molecular weight excluding hydrogens is 194 g/mol. The molecule has 0 fully saturated rings. The van der Waals surface area contributed by atoms with Crippen molar-refractivity contribution in [3.63, 3.8) is 0 Å². The van der Waals surface area contributed by atoms with Crippen molar-refractivity contribution in [3.8, 4) is 0 Å². The summed E-state index contributed by atoms with van der Waals surface area (Å²) in [7, 11) is 0. The van der Waals surface area contributed by atoms with Crippen LogP contribution in [0.1, 0.15) is 34.1 Å². The van der Waals surface area contributed by atoms with Gasteiger partial charge in [-0.15, -0.1) is 0 Å². The van der Waals surface area contributed by atoms with Crippen molar-refractivity contribution in [1.82, 2.24) is 5.32 Å². The van der Waals surface area contributed by atoms with E-state index in [0.29, 0.717) is 25.6 Å². The number of hydrogen-bond donors (Lipinski definition) is 2. The fourth-order valence-electron chi connectivity index (χ4n) is 1.40. The second-order valence-corrected chi connectivity index (χ2v) is 4.25. The third-order valence-corrected chi connectivity index (χ3v) is 2.06. The van der Waals surface area contributed by atoms with Crippen LogP contribution < -0.4 is 5.32 Å². The molecule has 0 aromatic heterocycles. The van der Waals surface area contributed by atoms with E-state index in [1.807, 2.05) is 27.7 Å². The number of carboxylic acids is 1. The van der Waals surface area contributed by atoms with Crippen molar-refractivity contribution in [2.75, 3.05) is 13.2 Å². The maximum atomic E-state index is 10.9. The van der Waals surface area contributed by atoms with Crippen LogP contribution in [0.5, 0.6) is 0 Å². The van der Waals surface area contributed by atoms with Gasteiger partial charge < -0.3 is 9.84 Å². The Morgan fingerprint density at radius 1 is 1.40 bits per heavy atom. The van der Waals surface area contributed by atoms with E-state index < -0.39 is 12.0 Å². The molecule has 0 aliphatic heterocycles. The summed E-state index contributed by atoms with van der Waals surface area (Å²) < 4.78 is 5.23. The number of carbonyl (C=O) groups is 1. The highest BCUT2D eigenvalue weighted by Gasteiger charge is 2.20. The molecule has 0 spiro atoms. The molecule has 0 bridgehead atoms. The molecule has 4 heteroatoms. The maximum Gasteiger partial charge on any atom is 0.320 e. The maximum absolute atomic E-state index is 10.9. The minimum atomic E-state index is -0.785. The Hall–Kier alpha value is -0.610. The van der Waals surface area contributed by atoms with Gasteiger partial charge in [-0.2, -0.15) is 0 Å². The second kappa shape index (κ2) is 7.65. The summed E-state index contributed by atoms with van der Waals surface area (Å²) in [5.74, 6) is -0.412. The topological polar surface area (TPSA) is 58.6 Å². The van der Waals surface area contributed by atoms with E-state index >= 15 is 0 Å². The predicted octanol–water partition coefficient (Wildman–Crippen LogP) is 1.50. The van der Waals surface area contributed by atoms with Crippen LogP contribution in [-0.2, 0) is 9.53 Å². The van der Waals surface area contributed by atoms with E-state index in [1.165, 1.54) is 0 Å². The van der Waals surface area contributed by atoms with E-state index in [4.69, 9.17) is 9.84 Å². The molecule has 0 rings (SSSR count). The molecule has 15 heavy (non-hydrogen) atoms. The Morgan fingerprint density at radius 3 is 2.40 bits per heavy atom. The summed E-state index contributed by atoms with van der Waals surface area (Å²) in [6.07, 6.45) is 0.645. The molecule has 0 saturated heterocycles. The number of rotatable bonds is 8. The van der Waals surface area contributed by atoms with E-state index in [2.05, 4.69) is 5.32 Å². The molecule has 2 N–H and O–H groups in total. The van der Waals surface area contributed by atoms with Crippen LogP contribution in [0, 0.1) is 5.92 Å². The van der Waals surface area contributed by atoms with Gasteiger partial charge in [0.05, 0.1) is 6.61 Å². The normalized spacial score (nSPS) is 15.3. The first-order valence-electron chi connectivity index (χ1n) is 5.54. The Morgan fingerprint density at radius 2 is 2.00 bits per heavy atom. The van der Waals surface area contributed by atoms with Gasteiger partial charge in [0, 0.05) is 12.6 Å². The zero-order valence-corrected chi connectivity index (χ0v) is 10.1. The van der Waals surface area contributed by atoms with Gasteiger partial charge in [0.15, 0.2) is 0 Å². The first-order chi connectivity index (χ1) is 6.97. The van der Waals surface area contributed by atoms with Crippen molar-refractivity contribution in [3.05, 3.63) is 0 Å². The van der Waals surface area contributed by atoms with Gasteiger partial charge in [0.2, 0.25) is 0 Å². The van der Waals surface area contributed by atoms with Crippen LogP contribution in [0.4, 0.5) is 0 Å². The third kappa shape index (κ3) is 7.33. The van der Waals surface area contributed by atoms with Crippen molar-refractivity contribution in [1.29, 1.82) is 0 Å². The Kier molecular flexibility index (Phi) is 7.34. The minimum Gasteiger partial charge on any atom is -0.480 e. The average molecular weight is 217 g/mol. The molecule has 0 aliphatic carbocycles. The predicted molar refractivity (Wildman–Crippen MR) is 60.0 cm³/mol. The molecule has 2 unspecified atom stereocenters. The molecule has 90 valence electrons. The highest BCUT2D eigenvalue weighted by Crippen LogP contribution is 2.05. The van der Waals surface area contributed by atoms with E-state index in [-0.39, 0.29) is 6.04 Å². The lowest BCUT2D eigenvalue weighted by Gasteiger charge is -2.21. The number of carboxylic acid groups (broad SMARTS) is 1. The molecule has 0 saturated carbocycles. The lowest BCUT2D eigenvalue weighted by molar-refractivity contribution is -0.140. The number of nitrogens with one attached hydrogen (secondary N) is 1. The van der Waals surface area contributed by atoms with Gasteiger partial charge in [-0.1, -0.05) is 13.8 Å². The highest BCUT2D eigenvalue weighted by atomic mass is 16.5. The van der Waals surface area contributed by atoms with Crippen LogP contribution in [-0.4, -0.2) is 36.4 Å². The van der Waals surface area contributed by atoms with Crippen LogP contribution >= 0.6 is 0 Å². The van der Waals surface area contributed by atoms with Gasteiger partial charge in [-0.3, -0.25) is 10.1 Å². The quantitative estimate of drug-likeness (QED) is 0.647. The molecule has 0 aromatic carbocycles. The van der Waals surface area contributed by atoms with Gasteiger partial charge in [0.25, 0.3) is 0 Å². The Balaban J connectivity index is 3.98. The second-order valence-electron chi connectivity index (χ2n) is 4.25. The van der Waals surface area contributed by atoms with Gasteiger partial charge >= 0.3 is 5.97 Å². The molecule has 0 heterocycles. The standard InChI is InChI=1S/C11H23NO3/c1-5-15-7-9(4)12-10(11(13)14)6-8(2)3/h8-10,12H,5-7H2,1-4H3,(H,13,14). The Bertz CT molecular complexity index is 183. The zero-order chi connectivity index (χ0) is 11.8. The van der Waals surface area contributed by atoms with Crippen LogP contribution in [0.3, 0.4) is 0 Å². The van der Waals surface area contributed by atoms with Crippen molar-refractivity contribution >= 4 is 5.97 Å². The number of hydrogen-bond acceptors (Lipinski definition) is 3. The van der Waals surface area contributed by atoms with Gasteiger partial charge in [0.1, 0.15) is 6.04 Å². The molecule has 2 atom stereocenters. The van der Waals surface area contributed by atoms with Crippen molar-refractivity contribution < 1.29 is 14.6 Å². The van der Waals surface area contributed by atoms with Crippen molar-refractivity contribution in [2.24, 2.45) is 5.92 Å². The number of aliphatic carboxylic acids is 1. The molecule has 0 aromatic rings.